The van der Waals surface area contributed by atoms with Gasteiger partial charge in [0.05, 0.1) is 18.3 Å². The minimum Gasteiger partial charge on any atom is -0.394 e. The summed E-state index contributed by atoms with van der Waals surface area (Å²) in [6, 6.07) is -0.223. The van der Waals surface area contributed by atoms with Crippen molar-refractivity contribution in [3.8, 4) is 0 Å². The molecule has 0 radical (unpaired) electrons. The Morgan fingerprint density at radius 1 is 1.60 bits per heavy atom. The summed E-state index contributed by atoms with van der Waals surface area (Å²) >= 11 is 1.07. The molecule has 0 saturated heterocycles. The summed E-state index contributed by atoms with van der Waals surface area (Å²) in [4.78, 5) is 12.2. The third kappa shape index (κ3) is 2.97. The molecule has 1 aromatic rings. The Kier molecular flexibility index (Phi) is 4.16. The molecule has 0 saturated carbocycles. The topological polar surface area (TPSA) is 75.1 Å². The van der Waals surface area contributed by atoms with E-state index in [9.17, 15) is 4.79 Å². The van der Waals surface area contributed by atoms with Crippen molar-refractivity contribution in [3.63, 3.8) is 0 Å². The molecular weight excluding hydrogens is 214 g/mol. The van der Waals surface area contributed by atoms with Crippen LogP contribution in [0.25, 0.3) is 0 Å². The fraction of sp³-hybridized carbons (Fsp3) is 0.667. The second-order valence-corrected chi connectivity index (χ2v) is 4.45. The van der Waals surface area contributed by atoms with Crippen LogP contribution in [0.4, 0.5) is 0 Å². The van der Waals surface area contributed by atoms with Crippen molar-refractivity contribution in [1.82, 2.24) is 14.9 Å². The van der Waals surface area contributed by atoms with Gasteiger partial charge in [0.25, 0.3) is 5.91 Å². The summed E-state index contributed by atoms with van der Waals surface area (Å²) in [5, 5.41) is 15.6. The first-order valence-electron chi connectivity index (χ1n) is 4.77. The lowest BCUT2D eigenvalue weighted by Crippen LogP contribution is -2.41. The molecule has 1 aromatic heterocycles. The summed E-state index contributed by atoms with van der Waals surface area (Å²) < 4.78 is 3.69. The predicted octanol–water partition coefficient (Wildman–Crippen LogP) is 0.593. The smallest absolute Gasteiger partial charge is 0.265 e. The first kappa shape index (κ1) is 12.1. The monoisotopic (exact) mass is 229 g/mol. The third-order valence-electron chi connectivity index (χ3n) is 2.18. The molecule has 1 rings (SSSR count). The third-order valence-corrected chi connectivity index (χ3v) is 3.00. The van der Waals surface area contributed by atoms with Crippen LogP contribution in [0.15, 0.2) is 0 Å². The Labute approximate surface area is 92.7 Å². The van der Waals surface area contributed by atoms with Crippen molar-refractivity contribution in [2.24, 2.45) is 5.92 Å². The van der Waals surface area contributed by atoms with Crippen molar-refractivity contribution in [2.45, 2.75) is 26.8 Å². The number of carbonyl (C=O) groups is 1. The SMILES string of the molecule is Cc1nnsc1C(=O)NC(CO)C(C)C. The maximum Gasteiger partial charge on any atom is 0.265 e. The van der Waals surface area contributed by atoms with E-state index in [2.05, 4.69) is 14.9 Å². The minimum atomic E-state index is -0.223. The molecule has 2 N–H and O–H groups in total. The second-order valence-electron chi connectivity index (χ2n) is 3.69. The number of aryl methyl sites for hydroxylation is 1. The summed E-state index contributed by atoms with van der Waals surface area (Å²) in [7, 11) is 0. The molecule has 6 heteroatoms. The summed E-state index contributed by atoms with van der Waals surface area (Å²) in [5.41, 5.74) is 0.623. The lowest BCUT2D eigenvalue weighted by atomic mass is 10.1. The Balaban J connectivity index is 2.67. The lowest BCUT2D eigenvalue weighted by Gasteiger charge is -2.19. The Morgan fingerprint density at radius 2 is 2.27 bits per heavy atom. The van der Waals surface area contributed by atoms with E-state index in [1.807, 2.05) is 13.8 Å². The number of aromatic nitrogens is 2. The lowest BCUT2D eigenvalue weighted by molar-refractivity contribution is 0.0900. The number of aliphatic hydroxyl groups is 1. The Morgan fingerprint density at radius 3 is 2.67 bits per heavy atom. The average Bonchev–Trinajstić information content (AvgIpc) is 2.60. The van der Waals surface area contributed by atoms with Crippen LogP contribution in [0.3, 0.4) is 0 Å². The van der Waals surface area contributed by atoms with Crippen LogP contribution in [0, 0.1) is 12.8 Å². The predicted molar refractivity (Wildman–Crippen MR) is 57.8 cm³/mol. The molecule has 84 valence electrons. The first-order chi connectivity index (χ1) is 7.06. The molecule has 0 aromatic carbocycles. The Bertz CT molecular complexity index is 338. The largest absolute Gasteiger partial charge is 0.394 e. The van der Waals surface area contributed by atoms with Crippen LogP contribution < -0.4 is 5.32 Å². The average molecular weight is 229 g/mol. The second kappa shape index (κ2) is 5.18. The number of nitrogens with zero attached hydrogens (tertiary/aromatic N) is 2. The van der Waals surface area contributed by atoms with E-state index in [4.69, 9.17) is 5.11 Å². The molecule has 0 aliphatic heterocycles. The van der Waals surface area contributed by atoms with Gasteiger partial charge in [-0.2, -0.15) is 0 Å². The van der Waals surface area contributed by atoms with Gasteiger partial charge in [0.15, 0.2) is 0 Å². The van der Waals surface area contributed by atoms with Gasteiger partial charge in [-0.3, -0.25) is 4.79 Å². The highest BCUT2D eigenvalue weighted by Gasteiger charge is 2.19. The van der Waals surface area contributed by atoms with Gasteiger partial charge >= 0.3 is 0 Å². The molecule has 1 amide bonds. The highest BCUT2D eigenvalue weighted by Crippen LogP contribution is 2.10. The fourth-order valence-corrected chi connectivity index (χ4v) is 1.66. The van der Waals surface area contributed by atoms with E-state index in [1.165, 1.54) is 0 Å². The molecule has 1 heterocycles. The van der Waals surface area contributed by atoms with Gasteiger partial charge in [-0.1, -0.05) is 18.3 Å². The molecule has 0 fully saturated rings. The molecular formula is C9H15N3O2S. The van der Waals surface area contributed by atoms with Crippen molar-refractivity contribution in [3.05, 3.63) is 10.6 Å². The van der Waals surface area contributed by atoms with Gasteiger partial charge in [0.1, 0.15) is 4.88 Å². The number of rotatable bonds is 4. The molecule has 15 heavy (non-hydrogen) atoms. The van der Waals surface area contributed by atoms with E-state index in [-0.39, 0.29) is 24.5 Å². The van der Waals surface area contributed by atoms with Gasteiger partial charge in [-0.05, 0) is 24.4 Å². The van der Waals surface area contributed by atoms with E-state index in [1.54, 1.807) is 6.92 Å². The number of nitrogens with one attached hydrogen (secondary N) is 1. The van der Waals surface area contributed by atoms with E-state index >= 15 is 0 Å². The molecule has 0 aliphatic carbocycles. The van der Waals surface area contributed by atoms with Crippen molar-refractivity contribution in [2.75, 3.05) is 6.61 Å². The standard InChI is InChI=1S/C9H15N3O2S/c1-5(2)7(4-13)10-9(14)8-6(3)11-12-15-8/h5,7,13H,4H2,1-3H3,(H,10,14). The van der Waals surface area contributed by atoms with Crippen molar-refractivity contribution in [1.29, 1.82) is 0 Å². The number of carbonyl (C=O) groups excluding carboxylic acids is 1. The van der Waals surface area contributed by atoms with E-state index in [0.717, 1.165) is 11.5 Å². The molecule has 1 atom stereocenters. The van der Waals surface area contributed by atoms with Crippen LogP contribution in [-0.2, 0) is 0 Å². The van der Waals surface area contributed by atoms with Gasteiger partial charge in [0.2, 0.25) is 0 Å². The van der Waals surface area contributed by atoms with Gasteiger partial charge in [-0.25, -0.2) is 0 Å². The van der Waals surface area contributed by atoms with Crippen LogP contribution in [0.1, 0.15) is 29.2 Å². The highest BCUT2D eigenvalue weighted by atomic mass is 32.1. The van der Waals surface area contributed by atoms with E-state index < -0.39 is 0 Å². The highest BCUT2D eigenvalue weighted by molar-refractivity contribution is 7.07. The molecule has 0 bridgehead atoms. The van der Waals surface area contributed by atoms with Crippen LogP contribution in [0.2, 0.25) is 0 Å². The maximum absolute atomic E-state index is 11.7. The quantitative estimate of drug-likeness (QED) is 0.792. The molecule has 5 nitrogen and oxygen atoms in total. The first-order valence-corrected chi connectivity index (χ1v) is 5.54. The van der Waals surface area contributed by atoms with Crippen molar-refractivity contribution < 1.29 is 9.90 Å². The van der Waals surface area contributed by atoms with Gasteiger partial charge < -0.3 is 10.4 Å². The zero-order valence-electron chi connectivity index (χ0n) is 9.02. The molecule has 1 unspecified atom stereocenters. The number of hydrogen-bond donors (Lipinski definition) is 2. The zero-order valence-corrected chi connectivity index (χ0v) is 9.84. The number of hydrogen-bond acceptors (Lipinski definition) is 5. The van der Waals surface area contributed by atoms with E-state index in [0.29, 0.717) is 10.6 Å². The van der Waals surface area contributed by atoms with Crippen LogP contribution >= 0.6 is 11.5 Å². The summed E-state index contributed by atoms with van der Waals surface area (Å²) in [6.45, 7) is 5.56. The fourth-order valence-electron chi connectivity index (χ4n) is 1.10. The van der Waals surface area contributed by atoms with Crippen molar-refractivity contribution >= 4 is 17.4 Å². The molecule has 0 spiro atoms. The zero-order chi connectivity index (χ0) is 11.4. The van der Waals surface area contributed by atoms with Gasteiger partial charge in [-0.15, -0.1) is 5.10 Å². The number of aliphatic hydroxyl groups excluding tert-OH is 1. The van der Waals surface area contributed by atoms with Crippen LogP contribution in [-0.4, -0.2) is 33.2 Å². The molecule has 0 aliphatic rings. The van der Waals surface area contributed by atoms with Crippen LogP contribution in [0.5, 0.6) is 0 Å². The minimum absolute atomic E-state index is 0.0608. The normalized spacial score (nSPS) is 12.9. The van der Waals surface area contributed by atoms with Gasteiger partial charge in [0, 0.05) is 0 Å². The number of amides is 1. The summed E-state index contributed by atoms with van der Waals surface area (Å²) in [5.74, 6) is -0.0182. The maximum atomic E-state index is 11.7. The Hall–Kier alpha value is -1.01. The summed E-state index contributed by atoms with van der Waals surface area (Å²) in [6.07, 6.45) is 0.